The third kappa shape index (κ3) is 5.11. The van der Waals surface area contributed by atoms with Gasteiger partial charge in [-0.3, -0.25) is 9.78 Å². The van der Waals surface area contributed by atoms with Crippen LogP contribution in [0.2, 0.25) is 0 Å². The summed E-state index contributed by atoms with van der Waals surface area (Å²) in [6.45, 7) is 4.03. The normalized spacial score (nSPS) is 11.2. The van der Waals surface area contributed by atoms with E-state index < -0.39 is 0 Å². The molecule has 1 aromatic heterocycles. The zero-order chi connectivity index (χ0) is 19.2. The van der Waals surface area contributed by atoms with Crippen molar-refractivity contribution in [3.63, 3.8) is 0 Å². The second kappa shape index (κ2) is 9.06. The van der Waals surface area contributed by atoms with Crippen molar-refractivity contribution in [3.8, 4) is 0 Å². The maximum Gasteiger partial charge on any atom is 0.250 e. The van der Waals surface area contributed by atoms with Crippen LogP contribution in [0.15, 0.2) is 63.4 Å². The van der Waals surface area contributed by atoms with Crippen molar-refractivity contribution >= 4 is 46.5 Å². The van der Waals surface area contributed by atoms with Crippen LogP contribution in [0.1, 0.15) is 16.8 Å². The minimum Gasteiger partial charge on any atom is -0.272 e. The van der Waals surface area contributed by atoms with E-state index in [1.54, 1.807) is 18.0 Å². The first kappa shape index (κ1) is 19.5. The van der Waals surface area contributed by atoms with Gasteiger partial charge in [0.2, 0.25) is 5.91 Å². The number of aromatic nitrogens is 1. The lowest BCUT2D eigenvalue weighted by molar-refractivity contribution is -0.118. The molecule has 0 saturated carbocycles. The number of nitrogens with zero attached hydrogens (tertiary/aromatic N) is 2. The lowest BCUT2D eigenvalue weighted by Gasteiger charge is -2.09. The van der Waals surface area contributed by atoms with Crippen molar-refractivity contribution in [2.24, 2.45) is 5.10 Å². The second-order valence-corrected chi connectivity index (χ2v) is 7.98. The Kier molecular flexibility index (Phi) is 6.53. The van der Waals surface area contributed by atoms with Crippen molar-refractivity contribution in [2.75, 3.05) is 12.0 Å². The Bertz CT molecular complexity index is 985. The highest BCUT2D eigenvalue weighted by Crippen LogP contribution is 2.29. The molecule has 3 aromatic rings. The first-order valence-corrected chi connectivity index (χ1v) is 10.7. The third-order valence-corrected chi connectivity index (χ3v) is 5.81. The number of benzene rings is 2. The number of thioether (sulfide) groups is 2. The molecule has 138 valence electrons. The summed E-state index contributed by atoms with van der Waals surface area (Å²) < 4.78 is 0. The molecule has 0 unspecified atom stereocenters. The molecular weight excluding hydrogens is 374 g/mol. The maximum absolute atomic E-state index is 12.1. The molecule has 0 radical (unpaired) electrons. The van der Waals surface area contributed by atoms with Gasteiger partial charge in [-0.05, 0) is 49.4 Å². The Hall–Kier alpha value is -2.31. The molecule has 3 rings (SSSR count). The Balaban J connectivity index is 1.61. The summed E-state index contributed by atoms with van der Waals surface area (Å²) in [5, 5.41) is 5.13. The number of pyridine rings is 1. The molecule has 4 nitrogen and oxygen atoms in total. The van der Waals surface area contributed by atoms with E-state index >= 15 is 0 Å². The van der Waals surface area contributed by atoms with Gasteiger partial charge in [-0.25, -0.2) is 5.43 Å². The van der Waals surface area contributed by atoms with Gasteiger partial charge in [-0.15, -0.1) is 23.5 Å². The standard InChI is InChI=1S/C21H21N3OS2/c1-14-5-4-6-18-19(11-15(2)23-21(14)18)27-13-20(25)24-22-12-16-7-9-17(26-3)10-8-16/h4-12H,13H2,1-3H3,(H,24,25)/b22-12-. The number of aryl methyl sites for hydroxylation is 2. The maximum atomic E-state index is 12.1. The average Bonchev–Trinajstić information content (AvgIpc) is 2.67. The lowest BCUT2D eigenvalue weighted by atomic mass is 10.1. The fraction of sp³-hybridized carbons (Fsp3) is 0.190. The van der Waals surface area contributed by atoms with E-state index in [4.69, 9.17) is 0 Å². The molecule has 6 heteroatoms. The van der Waals surface area contributed by atoms with Crippen molar-refractivity contribution in [1.29, 1.82) is 0 Å². The molecule has 1 N–H and O–H groups in total. The van der Waals surface area contributed by atoms with E-state index in [-0.39, 0.29) is 5.91 Å². The minimum absolute atomic E-state index is 0.132. The lowest BCUT2D eigenvalue weighted by Crippen LogP contribution is -2.19. The van der Waals surface area contributed by atoms with Crippen LogP contribution < -0.4 is 5.43 Å². The van der Waals surface area contributed by atoms with Crippen LogP contribution in [0.5, 0.6) is 0 Å². The predicted octanol–water partition coefficient (Wildman–Crippen LogP) is 4.82. The number of carbonyl (C=O) groups excluding carboxylic acids is 1. The molecule has 0 saturated heterocycles. The van der Waals surface area contributed by atoms with Crippen molar-refractivity contribution in [3.05, 3.63) is 65.4 Å². The van der Waals surface area contributed by atoms with E-state index in [9.17, 15) is 4.79 Å². The molecule has 2 aromatic carbocycles. The van der Waals surface area contributed by atoms with Crippen LogP contribution in [0.3, 0.4) is 0 Å². The topological polar surface area (TPSA) is 54.4 Å². The summed E-state index contributed by atoms with van der Waals surface area (Å²) in [6, 6.07) is 16.2. The number of amides is 1. The quantitative estimate of drug-likeness (QED) is 0.369. The van der Waals surface area contributed by atoms with Gasteiger partial charge in [0, 0.05) is 20.9 Å². The van der Waals surface area contributed by atoms with Gasteiger partial charge in [0.15, 0.2) is 0 Å². The van der Waals surface area contributed by atoms with Crippen LogP contribution in [0, 0.1) is 13.8 Å². The largest absolute Gasteiger partial charge is 0.272 e. The van der Waals surface area contributed by atoms with E-state index in [1.165, 1.54) is 16.7 Å². The molecule has 0 aliphatic heterocycles. The highest BCUT2D eigenvalue weighted by atomic mass is 32.2. The zero-order valence-corrected chi connectivity index (χ0v) is 17.2. The minimum atomic E-state index is -0.132. The Morgan fingerprint density at radius 2 is 1.96 bits per heavy atom. The Morgan fingerprint density at radius 1 is 1.19 bits per heavy atom. The van der Waals surface area contributed by atoms with Crippen LogP contribution in [-0.4, -0.2) is 29.1 Å². The average molecular weight is 396 g/mol. The summed E-state index contributed by atoms with van der Waals surface area (Å²) in [5.41, 5.74) is 6.63. The molecule has 1 amide bonds. The predicted molar refractivity (Wildman–Crippen MR) is 116 cm³/mol. The summed E-state index contributed by atoms with van der Waals surface area (Å²) in [5.74, 6) is 0.169. The SMILES string of the molecule is CSc1ccc(/C=N\NC(=O)CSc2cc(C)nc3c(C)cccc23)cc1. The van der Waals surface area contributed by atoms with E-state index in [0.717, 1.165) is 32.6 Å². The van der Waals surface area contributed by atoms with Crippen molar-refractivity contribution < 1.29 is 4.79 Å². The van der Waals surface area contributed by atoms with Gasteiger partial charge in [-0.2, -0.15) is 5.10 Å². The van der Waals surface area contributed by atoms with Crippen molar-refractivity contribution in [1.82, 2.24) is 10.4 Å². The smallest absolute Gasteiger partial charge is 0.250 e. The number of para-hydroxylation sites is 1. The van der Waals surface area contributed by atoms with Gasteiger partial charge in [-0.1, -0.05) is 30.3 Å². The Morgan fingerprint density at radius 3 is 2.70 bits per heavy atom. The zero-order valence-electron chi connectivity index (χ0n) is 15.5. The van der Waals surface area contributed by atoms with E-state index in [1.807, 2.05) is 55.6 Å². The monoisotopic (exact) mass is 395 g/mol. The summed E-state index contributed by atoms with van der Waals surface area (Å²) in [4.78, 5) is 19.0. The second-order valence-electron chi connectivity index (χ2n) is 6.09. The molecule has 0 aliphatic carbocycles. The van der Waals surface area contributed by atoms with Crippen molar-refractivity contribution in [2.45, 2.75) is 23.6 Å². The first-order valence-electron chi connectivity index (χ1n) is 8.52. The highest BCUT2D eigenvalue weighted by Gasteiger charge is 2.09. The van der Waals surface area contributed by atoms with Crippen LogP contribution in [0.25, 0.3) is 10.9 Å². The number of carbonyl (C=O) groups is 1. The summed E-state index contributed by atoms with van der Waals surface area (Å²) in [7, 11) is 0. The Labute approximate surface area is 167 Å². The van der Waals surface area contributed by atoms with E-state index in [2.05, 4.69) is 28.5 Å². The molecule has 0 fully saturated rings. The van der Waals surface area contributed by atoms with Gasteiger partial charge >= 0.3 is 0 Å². The van der Waals surface area contributed by atoms with Crippen LogP contribution >= 0.6 is 23.5 Å². The van der Waals surface area contributed by atoms with Gasteiger partial charge < -0.3 is 0 Å². The van der Waals surface area contributed by atoms with Gasteiger partial charge in [0.25, 0.3) is 0 Å². The van der Waals surface area contributed by atoms with Crippen LogP contribution in [-0.2, 0) is 4.79 Å². The number of fused-ring (bicyclic) bond motifs is 1. The molecule has 0 spiro atoms. The van der Waals surface area contributed by atoms with Gasteiger partial charge in [0.05, 0.1) is 17.5 Å². The summed E-state index contributed by atoms with van der Waals surface area (Å²) >= 11 is 3.20. The number of hydrogen-bond donors (Lipinski definition) is 1. The number of hydrazone groups is 1. The number of nitrogens with one attached hydrogen (secondary N) is 1. The number of hydrogen-bond acceptors (Lipinski definition) is 5. The highest BCUT2D eigenvalue weighted by molar-refractivity contribution is 8.00. The molecule has 0 atom stereocenters. The van der Waals surface area contributed by atoms with Crippen LogP contribution in [0.4, 0.5) is 0 Å². The molecular formula is C21H21N3OS2. The third-order valence-electron chi connectivity index (χ3n) is 4.01. The molecule has 27 heavy (non-hydrogen) atoms. The molecule has 0 bridgehead atoms. The first-order chi connectivity index (χ1) is 13.1. The van der Waals surface area contributed by atoms with E-state index in [0.29, 0.717) is 5.75 Å². The number of rotatable bonds is 6. The summed E-state index contributed by atoms with van der Waals surface area (Å²) in [6.07, 6.45) is 3.69. The molecule has 1 heterocycles. The molecule has 0 aliphatic rings. The fourth-order valence-electron chi connectivity index (χ4n) is 2.65. The fourth-order valence-corrected chi connectivity index (χ4v) is 3.98. The van der Waals surface area contributed by atoms with Gasteiger partial charge in [0.1, 0.15) is 0 Å².